The maximum Gasteiger partial charge on any atom is 0.123 e. The van der Waals surface area contributed by atoms with Crippen molar-refractivity contribution >= 4 is 0 Å². The van der Waals surface area contributed by atoms with Gasteiger partial charge < -0.3 is 15.4 Å². The first-order valence-corrected chi connectivity index (χ1v) is 4.78. The molecule has 84 valence electrons. The molecule has 4 heteroatoms. The lowest BCUT2D eigenvalue weighted by Gasteiger charge is -2.19. The fourth-order valence-corrected chi connectivity index (χ4v) is 1.49. The average molecular weight is 212 g/mol. The van der Waals surface area contributed by atoms with Gasteiger partial charge in [-0.2, -0.15) is 0 Å². The summed E-state index contributed by atoms with van der Waals surface area (Å²) in [5.41, 5.74) is 6.65. The van der Waals surface area contributed by atoms with Crippen molar-refractivity contribution < 1.29 is 9.13 Å². The zero-order valence-corrected chi connectivity index (χ0v) is 9.33. The van der Waals surface area contributed by atoms with Crippen LogP contribution in [0.15, 0.2) is 18.2 Å². The Labute approximate surface area is 89.6 Å². The van der Waals surface area contributed by atoms with Crippen LogP contribution in [-0.2, 0) is 0 Å². The van der Waals surface area contributed by atoms with Crippen molar-refractivity contribution in [3.05, 3.63) is 29.6 Å². The van der Waals surface area contributed by atoms with Gasteiger partial charge in [-0.1, -0.05) is 0 Å². The predicted molar refractivity (Wildman–Crippen MR) is 58.4 cm³/mol. The fraction of sp³-hybridized carbons (Fsp3) is 0.455. The number of benzene rings is 1. The third-order valence-electron chi connectivity index (χ3n) is 2.15. The number of nitrogens with zero attached hydrogens (tertiary/aromatic N) is 1. The molecule has 0 amide bonds. The summed E-state index contributed by atoms with van der Waals surface area (Å²) in [6.45, 7) is 0.653. The second-order valence-electron chi connectivity index (χ2n) is 3.76. The van der Waals surface area contributed by atoms with Crippen molar-refractivity contribution in [1.29, 1.82) is 0 Å². The summed E-state index contributed by atoms with van der Waals surface area (Å²) < 4.78 is 18.2. The van der Waals surface area contributed by atoms with E-state index in [0.29, 0.717) is 17.9 Å². The van der Waals surface area contributed by atoms with Crippen molar-refractivity contribution in [2.45, 2.75) is 6.04 Å². The quantitative estimate of drug-likeness (QED) is 0.819. The van der Waals surface area contributed by atoms with E-state index in [4.69, 9.17) is 10.5 Å². The summed E-state index contributed by atoms with van der Waals surface area (Å²) in [4.78, 5) is 1.95. The molecule has 1 aromatic rings. The van der Waals surface area contributed by atoms with Crippen LogP contribution in [-0.4, -0.2) is 32.6 Å². The molecule has 0 aliphatic carbocycles. The van der Waals surface area contributed by atoms with E-state index in [0.717, 1.165) is 0 Å². The van der Waals surface area contributed by atoms with E-state index in [-0.39, 0.29) is 11.9 Å². The first-order valence-electron chi connectivity index (χ1n) is 4.78. The molecular weight excluding hydrogens is 195 g/mol. The Morgan fingerprint density at radius 3 is 2.67 bits per heavy atom. The zero-order chi connectivity index (χ0) is 11.4. The third kappa shape index (κ3) is 3.18. The van der Waals surface area contributed by atoms with Gasteiger partial charge in [0.05, 0.1) is 7.11 Å². The van der Waals surface area contributed by atoms with Crippen LogP contribution in [0.5, 0.6) is 5.75 Å². The Morgan fingerprint density at radius 2 is 2.13 bits per heavy atom. The van der Waals surface area contributed by atoms with Gasteiger partial charge in [0, 0.05) is 18.2 Å². The molecule has 1 atom stereocenters. The summed E-state index contributed by atoms with van der Waals surface area (Å²) in [5.74, 6) is 0.339. The highest BCUT2D eigenvalue weighted by atomic mass is 19.1. The van der Waals surface area contributed by atoms with Gasteiger partial charge in [-0.05, 0) is 32.3 Å². The summed E-state index contributed by atoms with van der Waals surface area (Å²) in [6, 6.07) is 4.14. The number of hydrogen-bond acceptors (Lipinski definition) is 3. The molecule has 0 radical (unpaired) electrons. The van der Waals surface area contributed by atoms with Crippen LogP contribution in [0.1, 0.15) is 11.6 Å². The number of ether oxygens (including phenoxy) is 1. The molecule has 0 fully saturated rings. The molecule has 3 nitrogen and oxygen atoms in total. The lowest BCUT2D eigenvalue weighted by molar-refractivity contribution is 0.361. The van der Waals surface area contributed by atoms with Crippen LogP contribution in [0.3, 0.4) is 0 Å². The molecule has 0 heterocycles. The predicted octanol–water partition coefficient (Wildman–Crippen LogP) is 1.40. The standard InChI is InChI=1S/C11H17FN2O/c1-14(2)7-10(13)9-6-8(12)4-5-11(9)15-3/h4-6,10H,7,13H2,1-3H3. The SMILES string of the molecule is COc1ccc(F)cc1C(N)CN(C)C. The van der Waals surface area contributed by atoms with Crippen LogP contribution < -0.4 is 10.5 Å². The van der Waals surface area contributed by atoms with Crippen molar-refractivity contribution in [2.75, 3.05) is 27.7 Å². The Bertz CT molecular complexity index is 328. The molecule has 2 N–H and O–H groups in total. The van der Waals surface area contributed by atoms with Crippen LogP contribution in [0.25, 0.3) is 0 Å². The van der Waals surface area contributed by atoms with Crippen LogP contribution in [0.2, 0.25) is 0 Å². The van der Waals surface area contributed by atoms with Gasteiger partial charge in [-0.15, -0.1) is 0 Å². The lowest BCUT2D eigenvalue weighted by Crippen LogP contribution is -2.26. The molecule has 0 bridgehead atoms. The second kappa shape index (κ2) is 5.09. The minimum atomic E-state index is -0.292. The van der Waals surface area contributed by atoms with E-state index >= 15 is 0 Å². The van der Waals surface area contributed by atoms with Gasteiger partial charge in [0.25, 0.3) is 0 Å². The highest BCUT2D eigenvalue weighted by molar-refractivity contribution is 5.36. The minimum Gasteiger partial charge on any atom is -0.496 e. The van der Waals surface area contributed by atoms with Crippen LogP contribution >= 0.6 is 0 Å². The number of rotatable bonds is 4. The monoisotopic (exact) mass is 212 g/mol. The van der Waals surface area contributed by atoms with Gasteiger partial charge in [0.1, 0.15) is 11.6 Å². The molecule has 0 aliphatic heterocycles. The van der Waals surface area contributed by atoms with Crippen molar-refractivity contribution in [3.63, 3.8) is 0 Å². The second-order valence-corrected chi connectivity index (χ2v) is 3.76. The van der Waals surface area contributed by atoms with E-state index in [1.54, 1.807) is 13.2 Å². The Morgan fingerprint density at radius 1 is 1.47 bits per heavy atom. The molecular formula is C11H17FN2O. The maximum atomic E-state index is 13.1. The average Bonchev–Trinajstić information content (AvgIpc) is 2.16. The number of halogens is 1. The van der Waals surface area contributed by atoms with Gasteiger partial charge in [-0.25, -0.2) is 4.39 Å². The Kier molecular flexibility index (Phi) is 4.05. The summed E-state index contributed by atoms with van der Waals surface area (Å²) in [7, 11) is 5.40. The van der Waals surface area contributed by atoms with E-state index in [1.807, 2.05) is 19.0 Å². The fourth-order valence-electron chi connectivity index (χ4n) is 1.49. The summed E-state index contributed by atoms with van der Waals surface area (Å²) >= 11 is 0. The third-order valence-corrected chi connectivity index (χ3v) is 2.15. The normalized spacial score (nSPS) is 12.9. The van der Waals surface area contributed by atoms with Gasteiger partial charge in [-0.3, -0.25) is 0 Å². The minimum absolute atomic E-state index is 0.245. The smallest absolute Gasteiger partial charge is 0.123 e. The summed E-state index contributed by atoms with van der Waals surface area (Å²) in [6.07, 6.45) is 0. The van der Waals surface area contributed by atoms with E-state index in [1.165, 1.54) is 12.1 Å². The molecule has 15 heavy (non-hydrogen) atoms. The maximum absolute atomic E-state index is 13.1. The Hall–Kier alpha value is -1.13. The molecule has 1 unspecified atom stereocenters. The number of likely N-dealkylation sites (N-methyl/N-ethyl adjacent to an activating group) is 1. The van der Waals surface area contributed by atoms with E-state index in [2.05, 4.69) is 0 Å². The van der Waals surface area contributed by atoms with Crippen molar-refractivity contribution in [1.82, 2.24) is 4.90 Å². The van der Waals surface area contributed by atoms with E-state index in [9.17, 15) is 4.39 Å². The molecule has 1 rings (SSSR count). The summed E-state index contributed by atoms with van der Waals surface area (Å²) in [5, 5.41) is 0. The highest BCUT2D eigenvalue weighted by Crippen LogP contribution is 2.24. The van der Waals surface area contributed by atoms with E-state index < -0.39 is 0 Å². The largest absolute Gasteiger partial charge is 0.496 e. The van der Waals surface area contributed by atoms with Crippen LogP contribution in [0, 0.1) is 5.82 Å². The molecule has 0 aromatic heterocycles. The molecule has 0 saturated heterocycles. The number of hydrogen-bond donors (Lipinski definition) is 1. The number of methoxy groups -OCH3 is 1. The van der Waals surface area contributed by atoms with Crippen LogP contribution in [0.4, 0.5) is 4.39 Å². The highest BCUT2D eigenvalue weighted by Gasteiger charge is 2.13. The van der Waals surface area contributed by atoms with Gasteiger partial charge in [0.2, 0.25) is 0 Å². The van der Waals surface area contributed by atoms with Crippen molar-refractivity contribution in [2.24, 2.45) is 5.73 Å². The molecule has 1 aromatic carbocycles. The molecule has 0 saturated carbocycles. The number of nitrogens with two attached hydrogens (primary N) is 1. The first-order chi connectivity index (χ1) is 7.04. The van der Waals surface area contributed by atoms with Gasteiger partial charge >= 0.3 is 0 Å². The zero-order valence-electron chi connectivity index (χ0n) is 9.33. The van der Waals surface area contributed by atoms with Crippen molar-refractivity contribution in [3.8, 4) is 5.75 Å². The Balaban J connectivity index is 2.94. The topological polar surface area (TPSA) is 38.5 Å². The first kappa shape index (κ1) is 11.9. The molecule has 0 spiro atoms. The van der Waals surface area contributed by atoms with Gasteiger partial charge in [0.15, 0.2) is 0 Å². The lowest BCUT2D eigenvalue weighted by atomic mass is 10.1. The molecule has 0 aliphatic rings.